The van der Waals surface area contributed by atoms with Gasteiger partial charge >= 0.3 is 0 Å². The fraction of sp³-hybridized carbons (Fsp3) is 0.462. The molecule has 0 unspecified atom stereocenters. The van der Waals surface area contributed by atoms with Gasteiger partial charge in [0.1, 0.15) is 11.6 Å². The van der Waals surface area contributed by atoms with E-state index in [2.05, 4.69) is 0 Å². The lowest BCUT2D eigenvalue weighted by atomic mass is 10.1. The van der Waals surface area contributed by atoms with Gasteiger partial charge in [0.2, 0.25) is 12.1 Å². The second kappa shape index (κ2) is 7.08. The lowest BCUT2D eigenvalue weighted by molar-refractivity contribution is -0.107. The molecule has 0 aromatic heterocycles. The number of halogens is 1. The fourth-order valence-corrected chi connectivity index (χ4v) is 1.45. The molecule has 1 rings (SSSR count). The van der Waals surface area contributed by atoms with Crippen LogP contribution in [0.5, 0.6) is 5.75 Å². The fourth-order valence-electron chi connectivity index (χ4n) is 1.45. The van der Waals surface area contributed by atoms with Crippen LogP contribution in [0.3, 0.4) is 0 Å². The summed E-state index contributed by atoms with van der Waals surface area (Å²) in [4.78, 5) is 12.0. The Morgan fingerprint density at radius 2 is 1.89 bits per heavy atom. The molecule has 5 heteroatoms. The van der Waals surface area contributed by atoms with Crippen LogP contribution in [0.4, 0.5) is 4.39 Å². The molecule has 0 N–H and O–H groups in total. The van der Waals surface area contributed by atoms with Gasteiger partial charge in [-0.15, -0.1) is 0 Å². The standard InChI is InChI=1S/C13H17FO4/c1-4-17-13(18-5-2)12(15)10-7-6-9(16-3)8-11(10)14/h6-8,13H,4-5H2,1-3H3. The van der Waals surface area contributed by atoms with Crippen molar-refractivity contribution >= 4 is 5.78 Å². The van der Waals surface area contributed by atoms with Crippen molar-refractivity contribution in [2.75, 3.05) is 20.3 Å². The molecule has 100 valence electrons. The molecule has 0 aliphatic carbocycles. The van der Waals surface area contributed by atoms with Crippen LogP contribution in [0.15, 0.2) is 18.2 Å². The minimum absolute atomic E-state index is 0.0669. The number of Topliss-reactive ketones (excluding diaryl/α,β-unsaturated/α-hetero) is 1. The van der Waals surface area contributed by atoms with Crippen molar-refractivity contribution in [2.45, 2.75) is 20.1 Å². The van der Waals surface area contributed by atoms with Crippen LogP contribution in [0.1, 0.15) is 24.2 Å². The van der Waals surface area contributed by atoms with Crippen molar-refractivity contribution in [3.63, 3.8) is 0 Å². The third kappa shape index (κ3) is 3.51. The predicted octanol–water partition coefficient (Wildman–Crippen LogP) is 2.42. The zero-order valence-electron chi connectivity index (χ0n) is 10.7. The Balaban J connectivity index is 2.93. The maximum Gasteiger partial charge on any atom is 0.222 e. The summed E-state index contributed by atoms with van der Waals surface area (Å²) >= 11 is 0. The topological polar surface area (TPSA) is 44.8 Å². The number of carbonyl (C=O) groups is 1. The number of ketones is 1. The van der Waals surface area contributed by atoms with Gasteiger partial charge < -0.3 is 14.2 Å². The first-order chi connectivity index (χ1) is 8.63. The molecule has 1 aromatic carbocycles. The molecule has 0 fully saturated rings. The maximum atomic E-state index is 13.7. The van der Waals surface area contributed by atoms with Gasteiger partial charge in [-0.3, -0.25) is 4.79 Å². The normalized spacial score (nSPS) is 10.7. The number of carbonyl (C=O) groups excluding carboxylic acids is 1. The van der Waals surface area contributed by atoms with E-state index < -0.39 is 17.9 Å². The van der Waals surface area contributed by atoms with Crippen LogP contribution in [-0.4, -0.2) is 32.4 Å². The van der Waals surface area contributed by atoms with Crippen molar-refractivity contribution in [3.8, 4) is 5.75 Å². The van der Waals surface area contributed by atoms with Crippen LogP contribution < -0.4 is 4.74 Å². The third-order valence-electron chi connectivity index (χ3n) is 2.29. The Labute approximate surface area is 106 Å². The molecule has 0 saturated carbocycles. The number of hydrogen-bond donors (Lipinski definition) is 0. The summed E-state index contributed by atoms with van der Waals surface area (Å²) in [5.41, 5.74) is -0.0669. The van der Waals surface area contributed by atoms with Gasteiger partial charge in [-0.2, -0.15) is 0 Å². The van der Waals surface area contributed by atoms with E-state index in [1.54, 1.807) is 13.8 Å². The minimum Gasteiger partial charge on any atom is -0.497 e. The Bertz CT molecular complexity index is 400. The first kappa shape index (κ1) is 14.6. The molecule has 0 heterocycles. The SMILES string of the molecule is CCOC(OCC)C(=O)c1ccc(OC)cc1F. The zero-order chi connectivity index (χ0) is 13.5. The number of hydrogen-bond acceptors (Lipinski definition) is 4. The zero-order valence-corrected chi connectivity index (χ0v) is 10.7. The van der Waals surface area contributed by atoms with E-state index in [4.69, 9.17) is 14.2 Å². The van der Waals surface area contributed by atoms with Crippen LogP contribution in [-0.2, 0) is 9.47 Å². The average molecular weight is 256 g/mol. The molecule has 4 nitrogen and oxygen atoms in total. The summed E-state index contributed by atoms with van der Waals surface area (Å²) in [7, 11) is 1.43. The van der Waals surface area contributed by atoms with Gasteiger partial charge in [0, 0.05) is 19.3 Å². The lowest BCUT2D eigenvalue weighted by Crippen LogP contribution is -2.28. The van der Waals surface area contributed by atoms with Gasteiger partial charge in [0.05, 0.1) is 12.7 Å². The van der Waals surface area contributed by atoms with Crippen LogP contribution in [0.2, 0.25) is 0 Å². The number of rotatable bonds is 7. The van der Waals surface area contributed by atoms with Crippen molar-refractivity contribution in [2.24, 2.45) is 0 Å². The van der Waals surface area contributed by atoms with E-state index in [9.17, 15) is 9.18 Å². The van der Waals surface area contributed by atoms with Gasteiger partial charge in [0.15, 0.2) is 0 Å². The molecule has 0 saturated heterocycles. The van der Waals surface area contributed by atoms with E-state index in [1.165, 1.54) is 19.2 Å². The van der Waals surface area contributed by atoms with Gasteiger partial charge in [-0.25, -0.2) is 4.39 Å². The molecule has 0 bridgehead atoms. The van der Waals surface area contributed by atoms with E-state index in [1.807, 2.05) is 0 Å². The van der Waals surface area contributed by atoms with Crippen LogP contribution >= 0.6 is 0 Å². The van der Waals surface area contributed by atoms with E-state index in [-0.39, 0.29) is 5.56 Å². The molecule has 1 aromatic rings. The summed E-state index contributed by atoms with van der Waals surface area (Å²) in [6, 6.07) is 4.04. The van der Waals surface area contributed by atoms with Gasteiger partial charge in [-0.05, 0) is 26.0 Å². The Morgan fingerprint density at radius 1 is 1.28 bits per heavy atom. The number of methoxy groups -OCH3 is 1. The summed E-state index contributed by atoms with van der Waals surface area (Å²) in [5, 5.41) is 0. The van der Waals surface area contributed by atoms with E-state index in [0.29, 0.717) is 19.0 Å². The highest BCUT2D eigenvalue weighted by Gasteiger charge is 2.23. The van der Waals surface area contributed by atoms with Crippen molar-refractivity contribution in [1.29, 1.82) is 0 Å². The summed E-state index contributed by atoms with van der Waals surface area (Å²) < 4.78 is 28.9. The predicted molar refractivity (Wildman–Crippen MR) is 64.3 cm³/mol. The highest BCUT2D eigenvalue weighted by atomic mass is 19.1. The number of benzene rings is 1. The first-order valence-electron chi connectivity index (χ1n) is 5.75. The maximum absolute atomic E-state index is 13.7. The summed E-state index contributed by atoms with van der Waals surface area (Å²) in [6.07, 6.45) is -1.07. The van der Waals surface area contributed by atoms with Crippen LogP contribution in [0, 0.1) is 5.82 Å². The Morgan fingerprint density at radius 3 is 2.33 bits per heavy atom. The number of ether oxygens (including phenoxy) is 3. The van der Waals surface area contributed by atoms with Crippen molar-refractivity contribution in [3.05, 3.63) is 29.6 Å². The molecule has 0 aliphatic rings. The molecule has 0 aliphatic heterocycles. The molecule has 0 amide bonds. The largest absolute Gasteiger partial charge is 0.497 e. The van der Waals surface area contributed by atoms with E-state index in [0.717, 1.165) is 6.07 Å². The monoisotopic (exact) mass is 256 g/mol. The van der Waals surface area contributed by atoms with Crippen LogP contribution in [0.25, 0.3) is 0 Å². The second-order valence-electron chi connectivity index (χ2n) is 3.45. The smallest absolute Gasteiger partial charge is 0.222 e. The average Bonchev–Trinajstić information content (AvgIpc) is 2.37. The first-order valence-corrected chi connectivity index (χ1v) is 5.75. The van der Waals surface area contributed by atoms with E-state index >= 15 is 0 Å². The van der Waals surface area contributed by atoms with Crippen molar-refractivity contribution < 1.29 is 23.4 Å². The van der Waals surface area contributed by atoms with Crippen molar-refractivity contribution in [1.82, 2.24) is 0 Å². The highest BCUT2D eigenvalue weighted by molar-refractivity contribution is 5.99. The molecular formula is C13H17FO4. The molecular weight excluding hydrogens is 239 g/mol. The molecule has 0 spiro atoms. The quantitative estimate of drug-likeness (QED) is 0.555. The second-order valence-corrected chi connectivity index (χ2v) is 3.45. The highest BCUT2D eigenvalue weighted by Crippen LogP contribution is 2.18. The minimum atomic E-state index is -1.07. The van der Waals surface area contributed by atoms with Gasteiger partial charge in [0.25, 0.3) is 0 Å². The Hall–Kier alpha value is -1.46. The summed E-state index contributed by atoms with van der Waals surface area (Å²) in [5.74, 6) is -0.823. The molecule has 18 heavy (non-hydrogen) atoms. The third-order valence-corrected chi connectivity index (χ3v) is 2.29. The summed E-state index contributed by atoms with van der Waals surface area (Å²) in [6.45, 7) is 4.11. The lowest BCUT2D eigenvalue weighted by Gasteiger charge is -2.16. The van der Waals surface area contributed by atoms with Gasteiger partial charge in [-0.1, -0.05) is 0 Å². The molecule has 0 atom stereocenters. The molecule has 0 radical (unpaired) electrons. The Kier molecular flexibility index (Phi) is 5.74.